The van der Waals surface area contributed by atoms with Gasteiger partial charge in [0, 0.05) is 13.0 Å². The maximum absolute atomic E-state index is 11.1. The van der Waals surface area contributed by atoms with E-state index in [0.29, 0.717) is 6.42 Å². The molecule has 1 saturated heterocycles. The van der Waals surface area contributed by atoms with E-state index in [1.165, 1.54) is 6.42 Å². The van der Waals surface area contributed by atoms with Crippen molar-refractivity contribution in [3.05, 3.63) is 0 Å². The molecule has 0 bridgehead atoms. The number of likely N-dealkylation sites (tertiary alicyclic amines) is 1. The third-order valence-corrected chi connectivity index (χ3v) is 3.01. The topological polar surface area (TPSA) is 40.5 Å². The third-order valence-electron chi connectivity index (χ3n) is 3.01. The van der Waals surface area contributed by atoms with Crippen LogP contribution in [-0.2, 0) is 4.79 Å². The first kappa shape index (κ1) is 8.05. The second-order valence-corrected chi connectivity index (χ2v) is 3.84. The van der Waals surface area contributed by atoms with Crippen molar-refractivity contribution in [2.75, 3.05) is 6.54 Å². The summed E-state index contributed by atoms with van der Waals surface area (Å²) in [4.78, 5) is 12.7. The Morgan fingerprint density at radius 2 is 1.92 bits per heavy atom. The highest BCUT2D eigenvalue weighted by Crippen LogP contribution is 2.34. The van der Waals surface area contributed by atoms with E-state index in [4.69, 9.17) is 0 Å². The Morgan fingerprint density at radius 1 is 1.25 bits per heavy atom. The summed E-state index contributed by atoms with van der Waals surface area (Å²) in [6, 6.07) is 0. The minimum absolute atomic E-state index is 0.124. The average Bonchev–Trinajstić information content (AvgIpc) is 2.02. The van der Waals surface area contributed by atoms with Crippen molar-refractivity contribution < 1.29 is 9.90 Å². The lowest BCUT2D eigenvalue weighted by molar-refractivity contribution is -0.183. The summed E-state index contributed by atoms with van der Waals surface area (Å²) in [5.74, 6) is 0.124. The lowest BCUT2D eigenvalue weighted by atomic mass is 9.88. The highest BCUT2D eigenvalue weighted by Gasteiger charge is 2.42. The first-order valence-corrected chi connectivity index (χ1v) is 4.75. The van der Waals surface area contributed by atoms with Gasteiger partial charge in [-0.05, 0) is 25.7 Å². The fraction of sp³-hybridized carbons (Fsp3) is 0.889. The molecule has 0 aromatic rings. The molecule has 1 aliphatic carbocycles. The number of carbonyl (C=O) groups is 1. The van der Waals surface area contributed by atoms with Gasteiger partial charge in [0.2, 0.25) is 5.91 Å². The molecule has 1 N–H and O–H groups in total. The van der Waals surface area contributed by atoms with Gasteiger partial charge in [0.1, 0.15) is 5.72 Å². The average molecular weight is 169 g/mol. The SMILES string of the molecule is O=C1CCN1C1(O)CCCCC1. The zero-order valence-corrected chi connectivity index (χ0v) is 7.25. The first-order valence-electron chi connectivity index (χ1n) is 4.75. The van der Waals surface area contributed by atoms with E-state index in [2.05, 4.69) is 0 Å². The van der Waals surface area contributed by atoms with Crippen LogP contribution in [0.3, 0.4) is 0 Å². The van der Waals surface area contributed by atoms with Crippen LogP contribution >= 0.6 is 0 Å². The number of carbonyl (C=O) groups excluding carboxylic acids is 1. The molecule has 2 aliphatic rings. The van der Waals surface area contributed by atoms with Gasteiger partial charge in [0.25, 0.3) is 0 Å². The van der Waals surface area contributed by atoms with Crippen LogP contribution in [0, 0.1) is 0 Å². The molecule has 1 aliphatic heterocycles. The van der Waals surface area contributed by atoms with Gasteiger partial charge in [-0.15, -0.1) is 0 Å². The number of amides is 1. The van der Waals surface area contributed by atoms with Crippen LogP contribution in [0.1, 0.15) is 38.5 Å². The molecular formula is C9H15NO2. The maximum atomic E-state index is 11.1. The number of hydrogen-bond donors (Lipinski definition) is 1. The highest BCUT2D eigenvalue weighted by atomic mass is 16.3. The minimum Gasteiger partial charge on any atom is -0.371 e. The van der Waals surface area contributed by atoms with Gasteiger partial charge < -0.3 is 10.0 Å². The summed E-state index contributed by atoms with van der Waals surface area (Å²) < 4.78 is 0. The van der Waals surface area contributed by atoms with E-state index >= 15 is 0 Å². The van der Waals surface area contributed by atoms with E-state index in [0.717, 1.165) is 32.2 Å². The van der Waals surface area contributed by atoms with Crippen LogP contribution in [0.5, 0.6) is 0 Å². The van der Waals surface area contributed by atoms with Gasteiger partial charge in [-0.3, -0.25) is 4.79 Å². The predicted molar refractivity (Wildman–Crippen MR) is 44.4 cm³/mol. The number of rotatable bonds is 1. The maximum Gasteiger partial charge on any atom is 0.226 e. The quantitative estimate of drug-likeness (QED) is 0.592. The summed E-state index contributed by atoms with van der Waals surface area (Å²) in [7, 11) is 0. The van der Waals surface area contributed by atoms with Crippen LogP contribution in [0.15, 0.2) is 0 Å². The van der Waals surface area contributed by atoms with Crippen LogP contribution in [0.2, 0.25) is 0 Å². The van der Waals surface area contributed by atoms with Crippen molar-refractivity contribution in [2.45, 2.75) is 44.2 Å². The summed E-state index contributed by atoms with van der Waals surface area (Å²) >= 11 is 0. The second-order valence-electron chi connectivity index (χ2n) is 3.84. The molecule has 1 saturated carbocycles. The van der Waals surface area contributed by atoms with E-state index in [1.54, 1.807) is 4.90 Å². The normalized spacial score (nSPS) is 28.4. The van der Waals surface area contributed by atoms with Gasteiger partial charge in [-0.2, -0.15) is 0 Å². The summed E-state index contributed by atoms with van der Waals surface area (Å²) in [5, 5.41) is 10.1. The Morgan fingerprint density at radius 3 is 2.33 bits per heavy atom. The summed E-state index contributed by atoms with van der Waals surface area (Å²) in [6.45, 7) is 0.759. The summed E-state index contributed by atoms with van der Waals surface area (Å²) in [6.07, 6.45) is 5.49. The lowest BCUT2D eigenvalue weighted by Gasteiger charge is -2.46. The Labute approximate surface area is 72.4 Å². The number of β-lactam (4-membered cyclic amide) rings is 1. The highest BCUT2D eigenvalue weighted by molar-refractivity contribution is 5.82. The lowest BCUT2D eigenvalue weighted by Crippen LogP contribution is -2.59. The molecule has 0 atom stereocenters. The van der Waals surface area contributed by atoms with Gasteiger partial charge in [-0.1, -0.05) is 6.42 Å². The molecule has 0 aromatic carbocycles. The van der Waals surface area contributed by atoms with E-state index in [1.807, 2.05) is 0 Å². The Balaban J connectivity index is 2.03. The molecule has 1 heterocycles. The monoisotopic (exact) mass is 169 g/mol. The first-order chi connectivity index (χ1) is 5.72. The number of nitrogens with zero attached hydrogens (tertiary/aromatic N) is 1. The van der Waals surface area contributed by atoms with Crippen LogP contribution in [-0.4, -0.2) is 28.2 Å². The van der Waals surface area contributed by atoms with E-state index in [9.17, 15) is 9.90 Å². The van der Waals surface area contributed by atoms with Crippen LogP contribution in [0.4, 0.5) is 0 Å². The van der Waals surface area contributed by atoms with E-state index < -0.39 is 5.72 Å². The Hall–Kier alpha value is -0.570. The third kappa shape index (κ3) is 1.12. The molecule has 0 radical (unpaired) electrons. The zero-order chi connectivity index (χ0) is 8.60. The molecule has 3 nitrogen and oxygen atoms in total. The molecule has 12 heavy (non-hydrogen) atoms. The summed E-state index contributed by atoms with van der Waals surface area (Å²) in [5.41, 5.74) is -0.770. The van der Waals surface area contributed by atoms with Gasteiger partial charge >= 0.3 is 0 Å². The molecule has 2 rings (SSSR count). The molecule has 0 spiro atoms. The smallest absolute Gasteiger partial charge is 0.226 e. The Kier molecular flexibility index (Phi) is 1.83. The van der Waals surface area contributed by atoms with Crippen molar-refractivity contribution in [3.8, 4) is 0 Å². The Bertz CT molecular complexity index is 197. The molecule has 2 fully saturated rings. The molecule has 0 aromatic heterocycles. The largest absolute Gasteiger partial charge is 0.371 e. The molecule has 1 amide bonds. The van der Waals surface area contributed by atoms with Gasteiger partial charge in [0.15, 0.2) is 0 Å². The van der Waals surface area contributed by atoms with Crippen molar-refractivity contribution in [1.82, 2.24) is 4.90 Å². The molecule has 68 valence electrons. The number of aliphatic hydroxyl groups is 1. The second kappa shape index (κ2) is 2.73. The van der Waals surface area contributed by atoms with E-state index in [-0.39, 0.29) is 5.91 Å². The fourth-order valence-corrected chi connectivity index (χ4v) is 2.14. The van der Waals surface area contributed by atoms with Crippen molar-refractivity contribution in [1.29, 1.82) is 0 Å². The van der Waals surface area contributed by atoms with Crippen LogP contribution < -0.4 is 0 Å². The van der Waals surface area contributed by atoms with Gasteiger partial charge in [0.05, 0.1) is 0 Å². The predicted octanol–water partition coefficient (Wildman–Crippen LogP) is 0.871. The van der Waals surface area contributed by atoms with Crippen LogP contribution in [0.25, 0.3) is 0 Å². The van der Waals surface area contributed by atoms with Gasteiger partial charge in [-0.25, -0.2) is 0 Å². The van der Waals surface area contributed by atoms with Crippen molar-refractivity contribution in [3.63, 3.8) is 0 Å². The standard InChI is InChI=1S/C9H15NO2/c11-8-4-7-10(8)9(12)5-2-1-3-6-9/h12H,1-7H2. The zero-order valence-electron chi connectivity index (χ0n) is 7.25. The molecule has 3 heteroatoms. The fourth-order valence-electron chi connectivity index (χ4n) is 2.14. The van der Waals surface area contributed by atoms with Crippen molar-refractivity contribution in [2.24, 2.45) is 0 Å². The molecular weight excluding hydrogens is 154 g/mol. The number of hydrogen-bond acceptors (Lipinski definition) is 2. The minimum atomic E-state index is -0.770. The van der Waals surface area contributed by atoms with Crippen molar-refractivity contribution >= 4 is 5.91 Å². The molecule has 0 unspecified atom stereocenters.